The van der Waals surface area contributed by atoms with Crippen LogP contribution >= 0.6 is 0 Å². The summed E-state index contributed by atoms with van der Waals surface area (Å²) in [5.74, 6) is 0.101. The summed E-state index contributed by atoms with van der Waals surface area (Å²) in [5, 5.41) is 0. The van der Waals surface area contributed by atoms with Gasteiger partial charge in [-0.05, 0) is 77.2 Å². The molecule has 0 aromatic rings. The van der Waals surface area contributed by atoms with Gasteiger partial charge in [-0.3, -0.25) is 0 Å². The molecule has 0 spiro atoms. The lowest BCUT2D eigenvalue weighted by molar-refractivity contribution is -0.138. The maximum Gasteiger partial charge on any atom is 0.333 e. The van der Waals surface area contributed by atoms with Crippen molar-refractivity contribution in [1.82, 2.24) is 0 Å². The van der Waals surface area contributed by atoms with E-state index in [1.54, 1.807) is 13.0 Å². The molecule has 3 nitrogen and oxygen atoms in total. The summed E-state index contributed by atoms with van der Waals surface area (Å²) in [6.07, 6.45) is 26.0. The molecule has 0 aliphatic heterocycles. The van der Waals surface area contributed by atoms with E-state index in [9.17, 15) is 4.79 Å². The van der Waals surface area contributed by atoms with E-state index >= 15 is 0 Å². The zero-order valence-electron chi connectivity index (χ0n) is 24.0. The molecule has 2 N–H and O–H groups in total. The molecule has 0 fully saturated rings. The Morgan fingerprint density at radius 2 is 1.69 bits per heavy atom. The second kappa shape index (κ2) is 16.2. The summed E-state index contributed by atoms with van der Waals surface area (Å²) >= 11 is 0. The predicted molar refractivity (Wildman–Crippen MR) is 157 cm³/mol. The monoisotopic (exact) mass is 491 g/mol. The van der Waals surface area contributed by atoms with E-state index in [4.69, 9.17) is 10.5 Å². The topological polar surface area (TPSA) is 52.3 Å². The average Bonchev–Trinajstić information content (AvgIpc) is 2.80. The van der Waals surface area contributed by atoms with Crippen LogP contribution in [-0.2, 0) is 9.53 Å². The molecule has 1 aliphatic rings. The van der Waals surface area contributed by atoms with Crippen molar-refractivity contribution in [3.8, 4) is 0 Å². The van der Waals surface area contributed by atoms with Gasteiger partial charge in [0.05, 0.1) is 0 Å². The fraction of sp³-hybridized carbons (Fsp3) is 0.485. The molecular weight excluding hydrogens is 442 g/mol. The molecule has 1 unspecified atom stereocenters. The predicted octanol–water partition coefficient (Wildman–Crippen LogP) is 8.49. The molecule has 1 rings (SSSR count). The lowest BCUT2D eigenvalue weighted by atomic mass is 9.72. The van der Waals surface area contributed by atoms with Crippen LogP contribution in [0.3, 0.4) is 0 Å². The Kier molecular flexibility index (Phi) is 14.1. The van der Waals surface area contributed by atoms with Crippen molar-refractivity contribution in [2.45, 2.75) is 81.1 Å². The number of rotatable bonds is 12. The SMILES string of the molecule is CC(C=CC1=C(C)CCCC1(C)C)=CC=CC(C)=CCC(C)C=C(C)C=CC=C(C)C(=O)OCCN. The van der Waals surface area contributed by atoms with Crippen molar-refractivity contribution >= 4 is 5.97 Å². The molecule has 0 bridgehead atoms. The molecule has 198 valence electrons. The fourth-order valence-corrected chi connectivity index (χ4v) is 4.32. The number of carbonyl (C=O) groups excluding carboxylic acids is 1. The van der Waals surface area contributed by atoms with Gasteiger partial charge in [0, 0.05) is 12.1 Å². The van der Waals surface area contributed by atoms with Crippen molar-refractivity contribution in [3.05, 3.63) is 94.2 Å². The minimum absolute atomic E-state index is 0.246. The highest BCUT2D eigenvalue weighted by atomic mass is 16.5. The zero-order chi connectivity index (χ0) is 27.1. The molecule has 0 saturated carbocycles. The number of hydrogen-bond acceptors (Lipinski definition) is 3. The van der Waals surface area contributed by atoms with Crippen LogP contribution in [0.4, 0.5) is 0 Å². The first-order valence-electron chi connectivity index (χ1n) is 13.3. The third-order valence-electron chi connectivity index (χ3n) is 6.51. The van der Waals surface area contributed by atoms with E-state index in [0.717, 1.165) is 6.42 Å². The van der Waals surface area contributed by atoms with E-state index in [1.165, 1.54) is 47.1 Å². The summed E-state index contributed by atoms with van der Waals surface area (Å²) in [7, 11) is 0. The first-order valence-corrected chi connectivity index (χ1v) is 13.3. The average molecular weight is 492 g/mol. The van der Waals surface area contributed by atoms with Crippen LogP contribution in [0.25, 0.3) is 0 Å². The Labute approximate surface area is 221 Å². The van der Waals surface area contributed by atoms with Crippen molar-refractivity contribution < 1.29 is 9.53 Å². The van der Waals surface area contributed by atoms with E-state index in [2.05, 4.69) is 91.0 Å². The molecule has 0 radical (unpaired) electrons. The lowest BCUT2D eigenvalue weighted by Gasteiger charge is -2.32. The Morgan fingerprint density at radius 1 is 1.03 bits per heavy atom. The van der Waals surface area contributed by atoms with Gasteiger partial charge in [0.15, 0.2) is 0 Å². The van der Waals surface area contributed by atoms with Crippen LogP contribution in [0, 0.1) is 11.3 Å². The third kappa shape index (κ3) is 12.4. The summed E-state index contributed by atoms with van der Waals surface area (Å²) in [6, 6.07) is 0. The summed E-state index contributed by atoms with van der Waals surface area (Å²) in [4.78, 5) is 11.7. The standard InChI is InChI=1S/C33H49NO2/c1-25(12-9-13-26(2)19-20-31-29(5)16-11-21-33(31,7)8)17-18-28(4)24-27(3)14-10-15-30(6)32(35)36-23-22-34/h9-10,12-15,17,19-20,24,28H,11,16,18,21-23,34H2,1-8H3. The minimum Gasteiger partial charge on any atom is -0.461 e. The van der Waals surface area contributed by atoms with Gasteiger partial charge in [0.25, 0.3) is 0 Å². The van der Waals surface area contributed by atoms with Crippen LogP contribution < -0.4 is 5.73 Å². The van der Waals surface area contributed by atoms with Crippen molar-refractivity contribution in [2.75, 3.05) is 13.2 Å². The molecular formula is C33H49NO2. The largest absolute Gasteiger partial charge is 0.461 e. The van der Waals surface area contributed by atoms with Gasteiger partial charge in [-0.15, -0.1) is 0 Å². The number of allylic oxidation sites excluding steroid dienone is 15. The first-order chi connectivity index (χ1) is 17.0. The van der Waals surface area contributed by atoms with Crippen molar-refractivity contribution in [1.29, 1.82) is 0 Å². The Hall–Kier alpha value is -2.65. The van der Waals surface area contributed by atoms with Crippen LogP contribution in [0.1, 0.15) is 81.1 Å². The maximum atomic E-state index is 11.7. The molecule has 0 heterocycles. The van der Waals surface area contributed by atoms with E-state index in [1.807, 2.05) is 12.2 Å². The number of ether oxygens (including phenoxy) is 1. The fourth-order valence-electron chi connectivity index (χ4n) is 4.32. The quantitative estimate of drug-likeness (QED) is 0.169. The molecule has 0 aromatic heterocycles. The Morgan fingerprint density at radius 3 is 2.36 bits per heavy atom. The van der Waals surface area contributed by atoms with Gasteiger partial charge < -0.3 is 10.5 Å². The van der Waals surface area contributed by atoms with Crippen molar-refractivity contribution in [3.63, 3.8) is 0 Å². The third-order valence-corrected chi connectivity index (χ3v) is 6.51. The second-order valence-corrected chi connectivity index (χ2v) is 10.7. The normalized spacial score (nSPS) is 19.1. The Balaban J connectivity index is 2.62. The van der Waals surface area contributed by atoms with Crippen molar-refractivity contribution in [2.24, 2.45) is 17.1 Å². The molecule has 1 aliphatic carbocycles. The molecule has 0 amide bonds. The summed E-state index contributed by atoms with van der Waals surface area (Å²) < 4.78 is 5.02. The summed E-state index contributed by atoms with van der Waals surface area (Å²) in [6.45, 7) is 17.9. The van der Waals surface area contributed by atoms with Crippen LogP contribution in [0.2, 0.25) is 0 Å². The number of hydrogen-bond donors (Lipinski definition) is 1. The van der Waals surface area contributed by atoms with E-state index < -0.39 is 0 Å². The van der Waals surface area contributed by atoms with Gasteiger partial charge in [-0.1, -0.05) is 104 Å². The summed E-state index contributed by atoms with van der Waals surface area (Å²) in [5.41, 5.74) is 12.9. The number of nitrogens with two attached hydrogens (primary N) is 1. The molecule has 36 heavy (non-hydrogen) atoms. The highest BCUT2D eigenvalue weighted by molar-refractivity contribution is 5.88. The molecule has 1 atom stereocenters. The first kappa shape index (κ1) is 31.4. The van der Waals surface area contributed by atoms with Gasteiger partial charge in [0.1, 0.15) is 6.61 Å². The van der Waals surface area contributed by atoms with E-state index in [0.29, 0.717) is 18.0 Å². The van der Waals surface area contributed by atoms with E-state index in [-0.39, 0.29) is 18.0 Å². The number of carbonyl (C=O) groups is 1. The second-order valence-electron chi connectivity index (χ2n) is 10.7. The highest BCUT2D eigenvalue weighted by Crippen LogP contribution is 2.40. The van der Waals surface area contributed by atoms with Crippen LogP contribution in [0.5, 0.6) is 0 Å². The van der Waals surface area contributed by atoms with Crippen LogP contribution in [0.15, 0.2) is 94.2 Å². The Bertz CT molecular complexity index is 977. The van der Waals surface area contributed by atoms with Gasteiger partial charge in [-0.25, -0.2) is 4.79 Å². The minimum atomic E-state index is -0.324. The molecule has 0 aromatic carbocycles. The molecule has 3 heteroatoms. The maximum absolute atomic E-state index is 11.7. The number of esters is 1. The smallest absolute Gasteiger partial charge is 0.333 e. The van der Waals surface area contributed by atoms with Gasteiger partial charge in [0.2, 0.25) is 0 Å². The molecule has 0 saturated heterocycles. The van der Waals surface area contributed by atoms with Gasteiger partial charge >= 0.3 is 5.97 Å². The zero-order valence-corrected chi connectivity index (χ0v) is 24.0. The van der Waals surface area contributed by atoms with Gasteiger partial charge in [-0.2, -0.15) is 0 Å². The highest BCUT2D eigenvalue weighted by Gasteiger charge is 2.26. The lowest BCUT2D eigenvalue weighted by Crippen LogP contribution is -2.19. The van der Waals surface area contributed by atoms with Crippen LogP contribution in [-0.4, -0.2) is 19.1 Å².